The number of hydrogen-bond donors (Lipinski definition) is 1. The Hall–Kier alpha value is -0.520. The third-order valence-corrected chi connectivity index (χ3v) is 3.72. The second-order valence-electron chi connectivity index (χ2n) is 5.93. The van der Waals surface area contributed by atoms with Crippen molar-refractivity contribution in [2.45, 2.75) is 52.6 Å². The number of hydrogen-bond acceptors (Lipinski definition) is 5. The van der Waals surface area contributed by atoms with Gasteiger partial charge < -0.3 is 10.2 Å². The molecule has 0 amide bonds. The molecule has 1 atom stereocenters. The zero-order chi connectivity index (χ0) is 13.8. The highest BCUT2D eigenvalue weighted by atomic mass is 32.1. The Balaban J connectivity index is 2.51. The third-order valence-electron chi connectivity index (χ3n) is 3.00. The maximum atomic E-state index is 4.26. The van der Waals surface area contributed by atoms with E-state index in [0.717, 1.165) is 25.3 Å². The molecule has 5 heteroatoms. The molecule has 18 heavy (non-hydrogen) atoms. The van der Waals surface area contributed by atoms with E-state index in [0.29, 0.717) is 6.04 Å². The van der Waals surface area contributed by atoms with E-state index in [-0.39, 0.29) is 5.41 Å². The van der Waals surface area contributed by atoms with Crippen LogP contribution in [0.4, 0.5) is 0 Å². The molecule has 0 spiro atoms. The van der Waals surface area contributed by atoms with E-state index in [9.17, 15) is 0 Å². The molecule has 0 aromatic carbocycles. The van der Waals surface area contributed by atoms with Crippen LogP contribution in [-0.2, 0) is 12.0 Å². The average Bonchev–Trinajstić information content (AvgIpc) is 2.74. The van der Waals surface area contributed by atoms with Gasteiger partial charge in [0.15, 0.2) is 0 Å². The lowest BCUT2D eigenvalue weighted by atomic mass is 9.91. The Morgan fingerprint density at radius 2 is 2.06 bits per heavy atom. The molecule has 0 aliphatic rings. The van der Waals surface area contributed by atoms with Crippen molar-refractivity contribution < 1.29 is 0 Å². The third kappa shape index (κ3) is 4.63. The molecule has 1 rings (SSSR count). The second kappa shape index (κ2) is 6.59. The smallest absolute Gasteiger partial charge is 0.0854 e. The molecule has 1 heterocycles. The summed E-state index contributed by atoms with van der Waals surface area (Å²) in [5.41, 5.74) is 1.20. The summed E-state index contributed by atoms with van der Waals surface area (Å²) in [5.74, 6) is 0. The molecule has 1 aromatic heterocycles. The molecule has 0 saturated heterocycles. The Bertz CT molecular complexity index is 356. The predicted octanol–water partition coefficient (Wildman–Crippen LogP) is 2.27. The summed E-state index contributed by atoms with van der Waals surface area (Å²) >= 11 is 1.51. The molecule has 1 aromatic rings. The SMILES string of the molecule is CCN(C)CC(C)NCc1snnc1C(C)(C)C. The summed E-state index contributed by atoms with van der Waals surface area (Å²) in [6.45, 7) is 14.0. The normalized spacial score (nSPS) is 14.2. The molecule has 0 saturated carbocycles. The number of rotatable bonds is 6. The molecule has 1 N–H and O–H groups in total. The maximum Gasteiger partial charge on any atom is 0.0854 e. The zero-order valence-electron chi connectivity index (χ0n) is 12.4. The summed E-state index contributed by atoms with van der Waals surface area (Å²) in [7, 11) is 2.15. The largest absolute Gasteiger partial charge is 0.308 e. The van der Waals surface area contributed by atoms with Gasteiger partial charge in [-0.25, -0.2) is 0 Å². The van der Waals surface area contributed by atoms with Crippen LogP contribution in [0, 0.1) is 0 Å². The second-order valence-corrected chi connectivity index (χ2v) is 6.77. The molecule has 0 radical (unpaired) electrons. The lowest BCUT2D eigenvalue weighted by Gasteiger charge is -2.21. The van der Waals surface area contributed by atoms with E-state index in [1.807, 2.05) is 0 Å². The van der Waals surface area contributed by atoms with Crippen molar-refractivity contribution in [2.75, 3.05) is 20.1 Å². The lowest BCUT2D eigenvalue weighted by molar-refractivity contribution is 0.309. The summed E-state index contributed by atoms with van der Waals surface area (Å²) < 4.78 is 4.08. The van der Waals surface area contributed by atoms with Crippen molar-refractivity contribution in [3.8, 4) is 0 Å². The van der Waals surface area contributed by atoms with Gasteiger partial charge in [-0.1, -0.05) is 32.2 Å². The van der Waals surface area contributed by atoms with Crippen LogP contribution in [0.25, 0.3) is 0 Å². The number of nitrogens with zero attached hydrogens (tertiary/aromatic N) is 3. The minimum Gasteiger partial charge on any atom is -0.308 e. The Morgan fingerprint density at radius 3 is 2.61 bits per heavy atom. The first-order valence-corrected chi connectivity index (χ1v) is 7.35. The Morgan fingerprint density at radius 1 is 1.39 bits per heavy atom. The first-order valence-electron chi connectivity index (χ1n) is 6.58. The van der Waals surface area contributed by atoms with Gasteiger partial charge in [-0.15, -0.1) is 5.10 Å². The van der Waals surface area contributed by atoms with E-state index in [4.69, 9.17) is 0 Å². The van der Waals surface area contributed by atoms with Crippen LogP contribution in [0.2, 0.25) is 0 Å². The summed E-state index contributed by atoms with van der Waals surface area (Å²) in [6, 6.07) is 0.477. The molecule has 1 unspecified atom stereocenters. The molecular weight excluding hydrogens is 244 g/mol. The fourth-order valence-electron chi connectivity index (χ4n) is 1.82. The van der Waals surface area contributed by atoms with Crippen molar-refractivity contribution in [1.29, 1.82) is 0 Å². The standard InChI is InChI=1S/C13H26N4S/c1-7-17(6)9-10(2)14-8-11-12(13(3,4)5)15-16-18-11/h10,14H,7-9H2,1-6H3. The van der Waals surface area contributed by atoms with Crippen LogP contribution < -0.4 is 5.32 Å². The van der Waals surface area contributed by atoms with Crippen LogP contribution in [-0.4, -0.2) is 40.7 Å². The van der Waals surface area contributed by atoms with Crippen LogP contribution in [0.5, 0.6) is 0 Å². The summed E-state index contributed by atoms with van der Waals surface area (Å²) in [6.07, 6.45) is 0. The van der Waals surface area contributed by atoms with Crippen molar-refractivity contribution in [1.82, 2.24) is 19.8 Å². The molecular formula is C13H26N4S. The molecule has 0 fully saturated rings. The van der Waals surface area contributed by atoms with Crippen molar-refractivity contribution >= 4 is 11.5 Å². The van der Waals surface area contributed by atoms with Gasteiger partial charge in [-0.3, -0.25) is 0 Å². The lowest BCUT2D eigenvalue weighted by Crippen LogP contribution is -2.37. The summed E-state index contributed by atoms with van der Waals surface area (Å²) in [5, 5.41) is 7.81. The topological polar surface area (TPSA) is 41.0 Å². The van der Waals surface area contributed by atoms with Gasteiger partial charge in [0.05, 0.1) is 10.6 Å². The average molecular weight is 270 g/mol. The highest BCUT2D eigenvalue weighted by Gasteiger charge is 2.22. The van der Waals surface area contributed by atoms with Crippen LogP contribution in [0.1, 0.15) is 45.2 Å². The van der Waals surface area contributed by atoms with Crippen molar-refractivity contribution in [3.63, 3.8) is 0 Å². The number of aromatic nitrogens is 2. The minimum absolute atomic E-state index is 0.0768. The number of nitrogens with one attached hydrogen (secondary N) is 1. The maximum absolute atomic E-state index is 4.26. The fourth-order valence-corrected chi connectivity index (χ4v) is 2.62. The quantitative estimate of drug-likeness (QED) is 0.861. The van der Waals surface area contributed by atoms with Gasteiger partial charge in [0, 0.05) is 24.5 Å². The van der Waals surface area contributed by atoms with E-state index in [1.165, 1.54) is 16.4 Å². The highest BCUT2D eigenvalue weighted by Crippen LogP contribution is 2.25. The molecule has 0 aliphatic carbocycles. The molecule has 104 valence electrons. The van der Waals surface area contributed by atoms with Gasteiger partial charge in [0.2, 0.25) is 0 Å². The van der Waals surface area contributed by atoms with E-state index in [1.54, 1.807) is 0 Å². The van der Waals surface area contributed by atoms with Gasteiger partial charge in [0.25, 0.3) is 0 Å². The molecule has 0 aliphatic heterocycles. The van der Waals surface area contributed by atoms with Crippen molar-refractivity contribution in [3.05, 3.63) is 10.6 Å². The van der Waals surface area contributed by atoms with Gasteiger partial charge in [-0.05, 0) is 32.0 Å². The molecule has 4 nitrogen and oxygen atoms in total. The Kier molecular flexibility index (Phi) is 5.69. The predicted molar refractivity (Wildman–Crippen MR) is 78.1 cm³/mol. The molecule has 0 bridgehead atoms. The Labute approximate surface area is 115 Å². The van der Waals surface area contributed by atoms with Crippen LogP contribution in [0.15, 0.2) is 0 Å². The minimum atomic E-state index is 0.0768. The van der Waals surface area contributed by atoms with Crippen LogP contribution >= 0.6 is 11.5 Å². The van der Waals surface area contributed by atoms with Gasteiger partial charge in [-0.2, -0.15) is 0 Å². The van der Waals surface area contributed by atoms with Gasteiger partial charge >= 0.3 is 0 Å². The first-order chi connectivity index (χ1) is 8.34. The fraction of sp³-hybridized carbons (Fsp3) is 0.846. The number of likely N-dealkylation sites (N-methyl/N-ethyl adjacent to an activating group) is 1. The van der Waals surface area contributed by atoms with E-state index in [2.05, 4.69) is 61.5 Å². The summed E-state index contributed by atoms with van der Waals surface area (Å²) in [4.78, 5) is 3.57. The van der Waals surface area contributed by atoms with Crippen molar-refractivity contribution in [2.24, 2.45) is 0 Å². The highest BCUT2D eigenvalue weighted by molar-refractivity contribution is 7.05. The monoisotopic (exact) mass is 270 g/mol. The van der Waals surface area contributed by atoms with Crippen LogP contribution in [0.3, 0.4) is 0 Å². The van der Waals surface area contributed by atoms with E-state index < -0.39 is 0 Å². The van der Waals surface area contributed by atoms with Gasteiger partial charge in [0.1, 0.15) is 0 Å². The van der Waals surface area contributed by atoms with E-state index >= 15 is 0 Å². The first kappa shape index (κ1) is 15.5. The zero-order valence-corrected chi connectivity index (χ0v) is 13.3.